The first-order chi connectivity index (χ1) is 12.8. The molecule has 0 aromatic carbocycles. The fourth-order valence-corrected chi connectivity index (χ4v) is 4.00. The first-order valence-corrected chi connectivity index (χ1v) is 9.66. The summed E-state index contributed by atoms with van der Waals surface area (Å²) in [6, 6.07) is 2.51. The Labute approximate surface area is 153 Å². The Bertz CT molecular complexity index is 718. The lowest BCUT2D eigenvalue weighted by Gasteiger charge is -2.47. The van der Waals surface area contributed by atoms with Gasteiger partial charge >= 0.3 is 0 Å². The Morgan fingerprint density at radius 2 is 1.81 bits per heavy atom. The van der Waals surface area contributed by atoms with E-state index in [1.165, 1.54) is 19.3 Å². The van der Waals surface area contributed by atoms with Gasteiger partial charge in [-0.15, -0.1) is 0 Å². The SMILES string of the molecule is c1cnc(N2CCN(C3CN(Cc4noc(C5CCC5)n4)C3)CC2)nc1. The summed E-state index contributed by atoms with van der Waals surface area (Å²) in [5.41, 5.74) is 0. The molecule has 26 heavy (non-hydrogen) atoms. The molecule has 0 bridgehead atoms. The molecule has 5 rings (SSSR count). The van der Waals surface area contributed by atoms with Gasteiger partial charge in [0, 0.05) is 63.6 Å². The van der Waals surface area contributed by atoms with E-state index in [9.17, 15) is 0 Å². The van der Waals surface area contributed by atoms with Gasteiger partial charge in [-0.2, -0.15) is 4.98 Å². The lowest BCUT2D eigenvalue weighted by molar-refractivity contribution is 0.0235. The predicted octanol–water partition coefficient (Wildman–Crippen LogP) is 1.13. The molecule has 2 aromatic heterocycles. The lowest BCUT2D eigenvalue weighted by Crippen LogP contribution is -2.62. The van der Waals surface area contributed by atoms with Crippen molar-refractivity contribution in [2.24, 2.45) is 0 Å². The molecular formula is C18H25N7O. The molecule has 0 atom stereocenters. The maximum Gasteiger partial charge on any atom is 0.229 e. The molecule has 4 heterocycles. The first-order valence-electron chi connectivity index (χ1n) is 9.66. The third kappa shape index (κ3) is 3.19. The second-order valence-corrected chi connectivity index (χ2v) is 7.60. The number of rotatable bonds is 5. The van der Waals surface area contributed by atoms with E-state index < -0.39 is 0 Å². The van der Waals surface area contributed by atoms with Crippen LogP contribution in [-0.4, -0.2) is 75.2 Å². The van der Waals surface area contributed by atoms with Crippen LogP contribution in [0.3, 0.4) is 0 Å². The van der Waals surface area contributed by atoms with Crippen molar-refractivity contribution in [3.63, 3.8) is 0 Å². The maximum absolute atomic E-state index is 5.42. The second-order valence-electron chi connectivity index (χ2n) is 7.60. The predicted molar refractivity (Wildman–Crippen MR) is 95.8 cm³/mol. The van der Waals surface area contributed by atoms with E-state index in [-0.39, 0.29) is 0 Å². The van der Waals surface area contributed by atoms with E-state index in [4.69, 9.17) is 4.52 Å². The van der Waals surface area contributed by atoms with E-state index in [2.05, 4.69) is 34.8 Å². The number of piperazine rings is 1. The minimum Gasteiger partial charge on any atom is -0.339 e. The average Bonchev–Trinajstić information content (AvgIpc) is 3.05. The van der Waals surface area contributed by atoms with Gasteiger partial charge in [0.2, 0.25) is 11.8 Å². The summed E-state index contributed by atoms with van der Waals surface area (Å²) < 4.78 is 5.42. The van der Waals surface area contributed by atoms with Crippen LogP contribution in [0.1, 0.15) is 36.9 Å². The van der Waals surface area contributed by atoms with Crippen LogP contribution in [0, 0.1) is 0 Å². The zero-order valence-electron chi connectivity index (χ0n) is 15.0. The van der Waals surface area contributed by atoms with Crippen molar-refractivity contribution in [3.05, 3.63) is 30.2 Å². The summed E-state index contributed by atoms with van der Waals surface area (Å²) in [5.74, 6) is 3.06. The molecule has 0 amide bonds. The van der Waals surface area contributed by atoms with Crippen molar-refractivity contribution in [2.75, 3.05) is 44.2 Å². The van der Waals surface area contributed by atoms with E-state index in [0.29, 0.717) is 12.0 Å². The van der Waals surface area contributed by atoms with Gasteiger partial charge in [0.25, 0.3) is 0 Å². The van der Waals surface area contributed by atoms with Gasteiger partial charge in [0.15, 0.2) is 5.82 Å². The third-order valence-corrected chi connectivity index (χ3v) is 5.91. The summed E-state index contributed by atoms with van der Waals surface area (Å²) in [4.78, 5) is 20.6. The summed E-state index contributed by atoms with van der Waals surface area (Å²) >= 11 is 0. The van der Waals surface area contributed by atoms with Crippen molar-refractivity contribution < 1.29 is 4.52 Å². The molecule has 0 N–H and O–H groups in total. The van der Waals surface area contributed by atoms with Gasteiger partial charge in [-0.1, -0.05) is 11.6 Å². The monoisotopic (exact) mass is 355 g/mol. The molecule has 8 heteroatoms. The van der Waals surface area contributed by atoms with Gasteiger partial charge in [-0.25, -0.2) is 9.97 Å². The highest BCUT2D eigenvalue weighted by Gasteiger charge is 2.34. The molecule has 0 radical (unpaired) electrons. The van der Waals surface area contributed by atoms with Crippen LogP contribution >= 0.6 is 0 Å². The smallest absolute Gasteiger partial charge is 0.229 e. The van der Waals surface area contributed by atoms with E-state index in [1.807, 2.05) is 18.5 Å². The van der Waals surface area contributed by atoms with Crippen LogP contribution in [0.4, 0.5) is 5.95 Å². The van der Waals surface area contributed by atoms with Crippen molar-refractivity contribution in [3.8, 4) is 0 Å². The zero-order chi connectivity index (χ0) is 17.3. The van der Waals surface area contributed by atoms with Gasteiger partial charge in [0.1, 0.15) is 0 Å². The fourth-order valence-electron chi connectivity index (χ4n) is 4.00. The normalized spacial score (nSPS) is 23.0. The molecule has 0 spiro atoms. The number of nitrogens with zero attached hydrogens (tertiary/aromatic N) is 7. The van der Waals surface area contributed by atoms with Gasteiger partial charge < -0.3 is 9.42 Å². The Balaban J connectivity index is 1.07. The highest BCUT2D eigenvalue weighted by Crippen LogP contribution is 2.35. The summed E-state index contributed by atoms with van der Waals surface area (Å²) in [6.45, 7) is 7.14. The maximum atomic E-state index is 5.42. The average molecular weight is 355 g/mol. The minimum absolute atomic E-state index is 0.519. The van der Waals surface area contributed by atoms with Crippen LogP contribution in [0.25, 0.3) is 0 Å². The van der Waals surface area contributed by atoms with Crippen LogP contribution < -0.4 is 4.90 Å². The number of likely N-dealkylation sites (tertiary alicyclic amines) is 1. The molecule has 1 aliphatic carbocycles. The first kappa shape index (κ1) is 16.1. The Kier molecular flexibility index (Phi) is 4.30. The lowest BCUT2D eigenvalue weighted by atomic mass is 9.85. The topological polar surface area (TPSA) is 74.4 Å². The molecule has 3 fully saturated rings. The van der Waals surface area contributed by atoms with E-state index in [0.717, 1.165) is 63.5 Å². The molecular weight excluding hydrogens is 330 g/mol. The Morgan fingerprint density at radius 1 is 1.04 bits per heavy atom. The molecule has 138 valence electrons. The van der Waals surface area contributed by atoms with Crippen LogP contribution in [0.15, 0.2) is 23.0 Å². The minimum atomic E-state index is 0.519. The quantitative estimate of drug-likeness (QED) is 0.790. The van der Waals surface area contributed by atoms with Crippen molar-refractivity contribution in [1.82, 2.24) is 29.9 Å². The molecule has 3 aliphatic rings. The fraction of sp³-hybridized carbons (Fsp3) is 0.667. The molecule has 1 saturated carbocycles. The van der Waals surface area contributed by atoms with Crippen molar-refractivity contribution >= 4 is 5.95 Å². The Hall–Kier alpha value is -2.06. The van der Waals surface area contributed by atoms with E-state index in [1.54, 1.807) is 0 Å². The number of hydrogen-bond donors (Lipinski definition) is 0. The van der Waals surface area contributed by atoms with Crippen molar-refractivity contribution in [1.29, 1.82) is 0 Å². The highest BCUT2D eigenvalue weighted by molar-refractivity contribution is 5.29. The largest absolute Gasteiger partial charge is 0.339 e. The third-order valence-electron chi connectivity index (χ3n) is 5.91. The summed E-state index contributed by atoms with van der Waals surface area (Å²) in [7, 11) is 0. The standard InChI is InChI=1S/C18H25N7O/c1-3-14(4-1)17-21-16(22-26-17)13-23-11-15(12-23)24-7-9-25(10-8-24)18-19-5-2-6-20-18/h2,5-6,14-15H,1,3-4,7-13H2. The summed E-state index contributed by atoms with van der Waals surface area (Å²) in [6.07, 6.45) is 7.32. The van der Waals surface area contributed by atoms with Gasteiger partial charge in [0.05, 0.1) is 6.54 Å². The second kappa shape index (κ2) is 6.92. The molecule has 8 nitrogen and oxygen atoms in total. The molecule has 0 unspecified atom stereocenters. The van der Waals surface area contributed by atoms with Crippen LogP contribution in [-0.2, 0) is 6.54 Å². The number of hydrogen-bond acceptors (Lipinski definition) is 8. The van der Waals surface area contributed by atoms with E-state index >= 15 is 0 Å². The summed E-state index contributed by atoms with van der Waals surface area (Å²) in [5, 5.41) is 4.16. The zero-order valence-corrected chi connectivity index (χ0v) is 15.0. The molecule has 2 aliphatic heterocycles. The van der Waals surface area contributed by atoms with Gasteiger partial charge in [-0.3, -0.25) is 9.80 Å². The van der Waals surface area contributed by atoms with Crippen molar-refractivity contribution in [2.45, 2.75) is 37.8 Å². The number of anilines is 1. The highest BCUT2D eigenvalue weighted by atomic mass is 16.5. The van der Waals surface area contributed by atoms with Gasteiger partial charge in [-0.05, 0) is 18.9 Å². The van der Waals surface area contributed by atoms with Crippen LogP contribution in [0.5, 0.6) is 0 Å². The van der Waals surface area contributed by atoms with Crippen LogP contribution in [0.2, 0.25) is 0 Å². The molecule has 2 saturated heterocycles. The number of aromatic nitrogens is 4. The Morgan fingerprint density at radius 3 is 2.50 bits per heavy atom. The molecule has 2 aromatic rings.